The van der Waals surface area contributed by atoms with E-state index in [-0.39, 0.29) is 23.9 Å². The first-order valence-corrected chi connectivity index (χ1v) is 14.3. The first-order chi connectivity index (χ1) is 18.5. The van der Waals surface area contributed by atoms with Crippen molar-refractivity contribution >= 4 is 33.9 Å². The smallest absolute Gasteiger partial charge is 0.254 e. The quantitative estimate of drug-likeness (QED) is 0.353. The number of piperazine rings is 1. The van der Waals surface area contributed by atoms with Gasteiger partial charge in [-0.1, -0.05) is 60.2 Å². The maximum Gasteiger partial charge on any atom is 0.254 e. The molecule has 2 aliphatic rings. The molecule has 0 spiro atoms. The molecule has 5 nitrogen and oxygen atoms in total. The van der Waals surface area contributed by atoms with Gasteiger partial charge in [-0.05, 0) is 65.7 Å². The molecule has 1 fully saturated rings. The topological polar surface area (TPSA) is 43.9 Å². The van der Waals surface area contributed by atoms with Gasteiger partial charge in [0.25, 0.3) is 5.91 Å². The Hall–Kier alpha value is -3.48. The van der Waals surface area contributed by atoms with Crippen LogP contribution in [-0.2, 0) is 11.2 Å². The average molecular weight is 524 g/mol. The van der Waals surface area contributed by atoms with Crippen LogP contribution in [0.1, 0.15) is 44.9 Å². The molecule has 2 unspecified atom stereocenters. The second-order valence-corrected chi connectivity index (χ2v) is 11.6. The molecule has 0 aliphatic carbocycles. The van der Waals surface area contributed by atoms with Crippen molar-refractivity contribution in [2.24, 2.45) is 0 Å². The van der Waals surface area contributed by atoms with E-state index in [4.69, 9.17) is 0 Å². The van der Waals surface area contributed by atoms with Crippen molar-refractivity contribution in [2.45, 2.75) is 32.4 Å². The molecular formula is C32H33N3O2S. The van der Waals surface area contributed by atoms with Gasteiger partial charge >= 0.3 is 0 Å². The van der Waals surface area contributed by atoms with Gasteiger partial charge in [-0.15, -0.1) is 11.3 Å². The lowest BCUT2D eigenvalue weighted by Crippen LogP contribution is -2.57. The maximum absolute atomic E-state index is 13.6. The molecule has 38 heavy (non-hydrogen) atoms. The van der Waals surface area contributed by atoms with Crippen LogP contribution < -0.4 is 0 Å². The fraction of sp³-hybridized carbons (Fsp3) is 0.312. The third-order valence-corrected chi connectivity index (χ3v) is 9.03. The van der Waals surface area contributed by atoms with Crippen LogP contribution in [0.15, 0.2) is 78.2 Å². The summed E-state index contributed by atoms with van der Waals surface area (Å²) in [5.41, 5.74) is 4.51. The molecule has 2 atom stereocenters. The molecule has 0 N–H and O–H groups in total. The minimum Gasteiger partial charge on any atom is -0.338 e. The molecule has 6 heteroatoms. The molecule has 0 bridgehead atoms. The van der Waals surface area contributed by atoms with Crippen LogP contribution in [0.2, 0.25) is 0 Å². The lowest BCUT2D eigenvalue weighted by atomic mass is 9.92. The van der Waals surface area contributed by atoms with Crippen LogP contribution in [0, 0.1) is 6.92 Å². The predicted octanol–water partition coefficient (Wildman–Crippen LogP) is 5.53. The molecule has 0 radical (unpaired) electrons. The summed E-state index contributed by atoms with van der Waals surface area (Å²) in [6.45, 7) is 7.08. The van der Waals surface area contributed by atoms with E-state index in [0.29, 0.717) is 31.7 Å². The van der Waals surface area contributed by atoms with Gasteiger partial charge in [-0.3, -0.25) is 14.5 Å². The van der Waals surface area contributed by atoms with E-state index in [1.54, 1.807) is 0 Å². The number of thiophene rings is 1. The van der Waals surface area contributed by atoms with Crippen LogP contribution in [0.25, 0.3) is 10.8 Å². The number of carbonyl (C=O) groups is 2. The van der Waals surface area contributed by atoms with Crippen molar-refractivity contribution in [3.05, 3.63) is 105 Å². The number of rotatable bonds is 4. The Labute approximate surface area is 228 Å². The summed E-state index contributed by atoms with van der Waals surface area (Å²) < 4.78 is 0. The van der Waals surface area contributed by atoms with Gasteiger partial charge in [-0.2, -0.15) is 0 Å². The number of aryl methyl sites for hydroxylation is 1. The number of fused-ring (bicyclic) bond motifs is 2. The summed E-state index contributed by atoms with van der Waals surface area (Å²) in [6.07, 6.45) is 0.979. The molecule has 194 valence electrons. The van der Waals surface area contributed by atoms with E-state index in [1.165, 1.54) is 21.6 Å². The van der Waals surface area contributed by atoms with E-state index in [2.05, 4.69) is 53.6 Å². The fourth-order valence-corrected chi connectivity index (χ4v) is 6.83. The van der Waals surface area contributed by atoms with Gasteiger partial charge in [0, 0.05) is 42.7 Å². The first kappa shape index (κ1) is 24.8. The molecule has 3 aromatic carbocycles. The van der Waals surface area contributed by atoms with E-state index < -0.39 is 0 Å². The lowest BCUT2D eigenvalue weighted by Gasteiger charge is -2.42. The summed E-state index contributed by atoms with van der Waals surface area (Å²) in [7, 11) is 0. The summed E-state index contributed by atoms with van der Waals surface area (Å²) in [4.78, 5) is 34.6. The summed E-state index contributed by atoms with van der Waals surface area (Å²) >= 11 is 1.82. The second kappa shape index (κ2) is 10.4. The van der Waals surface area contributed by atoms with Gasteiger partial charge < -0.3 is 9.80 Å². The van der Waals surface area contributed by atoms with Crippen LogP contribution >= 0.6 is 11.3 Å². The number of carbonyl (C=O) groups excluding carboxylic acids is 2. The van der Waals surface area contributed by atoms with Crippen molar-refractivity contribution in [1.29, 1.82) is 0 Å². The van der Waals surface area contributed by atoms with E-state index >= 15 is 0 Å². The Balaban J connectivity index is 1.14. The highest BCUT2D eigenvalue weighted by Crippen LogP contribution is 2.37. The van der Waals surface area contributed by atoms with Crippen molar-refractivity contribution in [1.82, 2.24) is 14.7 Å². The van der Waals surface area contributed by atoms with E-state index in [1.807, 2.05) is 64.5 Å². The number of benzene rings is 3. The van der Waals surface area contributed by atoms with E-state index in [9.17, 15) is 9.59 Å². The Morgan fingerprint density at radius 2 is 1.71 bits per heavy atom. The van der Waals surface area contributed by atoms with Gasteiger partial charge in [0.1, 0.15) is 0 Å². The second-order valence-electron chi connectivity index (χ2n) is 10.6. The molecule has 1 saturated heterocycles. The molecule has 2 amide bonds. The molecule has 4 aromatic rings. The van der Waals surface area contributed by atoms with E-state index in [0.717, 1.165) is 23.7 Å². The van der Waals surface area contributed by atoms with Crippen molar-refractivity contribution in [3.8, 4) is 0 Å². The van der Waals surface area contributed by atoms with Crippen molar-refractivity contribution < 1.29 is 9.59 Å². The highest BCUT2D eigenvalue weighted by atomic mass is 32.1. The molecule has 1 aromatic heterocycles. The SMILES string of the molecule is Cc1ccc(C2c3ccsc3CCN2CC(=O)N2CCN(C(=O)c3ccc4ccccc4c3)C(C)C2)cc1. The number of amides is 2. The predicted molar refractivity (Wildman–Crippen MR) is 154 cm³/mol. The highest BCUT2D eigenvalue weighted by Gasteiger charge is 2.34. The van der Waals surface area contributed by atoms with Crippen LogP contribution in [0.4, 0.5) is 0 Å². The molecular weight excluding hydrogens is 490 g/mol. The number of nitrogens with zero attached hydrogens (tertiary/aromatic N) is 3. The van der Waals surface area contributed by atoms with Gasteiger partial charge in [0.2, 0.25) is 5.91 Å². The largest absolute Gasteiger partial charge is 0.338 e. The third kappa shape index (κ3) is 4.74. The van der Waals surface area contributed by atoms with Crippen LogP contribution in [0.3, 0.4) is 0 Å². The van der Waals surface area contributed by atoms with Gasteiger partial charge in [0.15, 0.2) is 0 Å². The van der Waals surface area contributed by atoms with Gasteiger partial charge in [-0.25, -0.2) is 0 Å². The Bertz CT molecular complexity index is 1480. The Morgan fingerprint density at radius 3 is 2.50 bits per heavy atom. The normalized spacial score (nSPS) is 19.9. The minimum atomic E-state index is -0.0376. The zero-order valence-corrected chi connectivity index (χ0v) is 22.8. The fourth-order valence-electron chi connectivity index (χ4n) is 5.93. The van der Waals surface area contributed by atoms with Crippen molar-refractivity contribution in [2.75, 3.05) is 32.7 Å². The zero-order chi connectivity index (χ0) is 26.2. The summed E-state index contributed by atoms with van der Waals surface area (Å²) in [5, 5.41) is 4.37. The maximum atomic E-state index is 13.6. The number of hydrogen-bond acceptors (Lipinski definition) is 4. The molecule has 3 heterocycles. The standard InChI is InChI=1S/C32H33N3O2S/c1-22-7-9-25(10-8-22)31-28-14-18-38-29(28)13-15-34(31)21-30(36)33-16-17-35(23(2)20-33)32(37)27-12-11-24-5-3-4-6-26(24)19-27/h3-12,14,18-19,23,31H,13,15-17,20-21H2,1-2H3. The van der Waals surface area contributed by atoms with Crippen molar-refractivity contribution in [3.63, 3.8) is 0 Å². The average Bonchev–Trinajstić information content (AvgIpc) is 3.42. The number of hydrogen-bond donors (Lipinski definition) is 0. The Morgan fingerprint density at radius 1 is 0.921 bits per heavy atom. The monoisotopic (exact) mass is 523 g/mol. The minimum absolute atomic E-state index is 0.0376. The third-order valence-electron chi connectivity index (χ3n) is 8.03. The van der Waals surface area contributed by atoms with Crippen LogP contribution in [-0.4, -0.2) is 65.3 Å². The molecule has 2 aliphatic heterocycles. The zero-order valence-electron chi connectivity index (χ0n) is 22.0. The lowest BCUT2D eigenvalue weighted by molar-refractivity contribution is -0.135. The molecule has 6 rings (SSSR count). The van der Waals surface area contributed by atoms with Gasteiger partial charge in [0.05, 0.1) is 12.6 Å². The first-order valence-electron chi connectivity index (χ1n) is 13.4. The highest BCUT2D eigenvalue weighted by molar-refractivity contribution is 7.10. The summed E-state index contributed by atoms with van der Waals surface area (Å²) in [6, 6.07) is 25.0. The van der Waals surface area contributed by atoms with Crippen LogP contribution in [0.5, 0.6) is 0 Å². The Kier molecular flexibility index (Phi) is 6.76. The molecule has 0 saturated carbocycles. The summed E-state index contributed by atoms with van der Waals surface area (Å²) in [5.74, 6) is 0.182.